The first-order chi connectivity index (χ1) is 35.7. The second-order valence-corrected chi connectivity index (χ2v) is 21.3. The van der Waals surface area contributed by atoms with Crippen LogP contribution in [-0.2, 0) is 0 Å². The number of nitrogens with zero attached hydrogens (tertiary/aromatic N) is 2. The molecular weight excluding hydrogens is 906 g/mol. The Morgan fingerprint density at radius 1 is 0.236 bits per heavy atom. The molecule has 4 aliphatic rings. The lowest BCUT2D eigenvalue weighted by molar-refractivity contribution is 1.24. The summed E-state index contributed by atoms with van der Waals surface area (Å²) in [7, 11) is 0. The third-order valence-corrected chi connectivity index (χ3v) is 17.5. The van der Waals surface area contributed by atoms with E-state index in [1.807, 2.05) is 23.5 Å². The largest absolute Gasteiger partial charge is 0.311 e. The van der Waals surface area contributed by atoms with E-state index in [4.69, 9.17) is 0 Å². The van der Waals surface area contributed by atoms with E-state index in [9.17, 15) is 0 Å². The average Bonchev–Trinajstić information content (AvgIpc) is 3.45. The highest BCUT2D eigenvalue weighted by atomic mass is 32.2. The Labute approximate surface area is 429 Å². The van der Waals surface area contributed by atoms with Crippen LogP contribution in [0.15, 0.2) is 274 Å². The summed E-state index contributed by atoms with van der Waals surface area (Å²) < 4.78 is 0. The molecule has 0 radical (unpaired) electrons. The van der Waals surface area contributed by atoms with Crippen molar-refractivity contribution < 1.29 is 0 Å². The van der Waals surface area contributed by atoms with Crippen molar-refractivity contribution in [2.24, 2.45) is 0 Å². The Morgan fingerprint density at radius 2 is 0.597 bits per heavy atom. The second kappa shape index (κ2) is 16.7. The van der Waals surface area contributed by atoms with E-state index in [1.165, 1.54) is 120 Å². The number of hydrogen-bond acceptors (Lipinski definition) is 4. The van der Waals surface area contributed by atoms with Crippen molar-refractivity contribution in [1.29, 1.82) is 0 Å². The third-order valence-electron chi connectivity index (χ3n) is 15.2. The summed E-state index contributed by atoms with van der Waals surface area (Å²) >= 11 is 3.83. The lowest BCUT2D eigenvalue weighted by atomic mass is 9.31. The minimum atomic E-state index is -0.00250. The van der Waals surface area contributed by atoms with Gasteiger partial charge in [-0.15, -0.1) is 0 Å². The zero-order valence-electron chi connectivity index (χ0n) is 39.1. The van der Waals surface area contributed by atoms with E-state index in [-0.39, 0.29) is 13.4 Å². The molecule has 0 aromatic heterocycles. The molecule has 0 N–H and O–H groups in total. The molecular formula is C66H42B2N2S2. The van der Waals surface area contributed by atoms with Gasteiger partial charge in [-0.1, -0.05) is 235 Å². The average molecular weight is 949 g/mol. The topological polar surface area (TPSA) is 6.48 Å². The zero-order chi connectivity index (χ0) is 47.3. The summed E-state index contributed by atoms with van der Waals surface area (Å²) in [6.07, 6.45) is 0. The molecule has 11 aromatic carbocycles. The molecule has 0 aliphatic carbocycles. The van der Waals surface area contributed by atoms with E-state index >= 15 is 0 Å². The molecule has 334 valence electrons. The Bertz CT molecular complexity index is 3700. The predicted octanol–water partition coefficient (Wildman–Crippen LogP) is 13.9. The van der Waals surface area contributed by atoms with Crippen molar-refractivity contribution in [1.82, 2.24) is 0 Å². The van der Waals surface area contributed by atoms with E-state index in [0.29, 0.717) is 0 Å². The Balaban J connectivity index is 1.09. The van der Waals surface area contributed by atoms with Crippen LogP contribution < -0.4 is 42.6 Å². The van der Waals surface area contributed by atoms with E-state index < -0.39 is 0 Å². The summed E-state index contributed by atoms with van der Waals surface area (Å²) in [5.41, 5.74) is 24.8. The molecule has 0 amide bonds. The van der Waals surface area contributed by atoms with Crippen molar-refractivity contribution in [2.75, 3.05) is 9.80 Å². The van der Waals surface area contributed by atoms with Crippen LogP contribution in [0, 0.1) is 0 Å². The summed E-state index contributed by atoms with van der Waals surface area (Å²) in [6.45, 7) is -0.00500. The van der Waals surface area contributed by atoms with E-state index in [0.717, 1.165) is 11.4 Å². The number of rotatable bonds is 6. The van der Waals surface area contributed by atoms with Gasteiger partial charge < -0.3 is 9.80 Å². The molecule has 0 saturated heterocycles. The van der Waals surface area contributed by atoms with E-state index in [1.54, 1.807) is 0 Å². The van der Waals surface area contributed by atoms with Gasteiger partial charge in [-0.25, -0.2) is 0 Å². The maximum Gasteiger partial charge on any atom is 0.249 e. The predicted molar refractivity (Wildman–Crippen MR) is 308 cm³/mol. The summed E-state index contributed by atoms with van der Waals surface area (Å²) in [4.78, 5) is 10.5. The van der Waals surface area contributed by atoms with Crippen molar-refractivity contribution in [3.8, 4) is 44.5 Å². The lowest BCUT2D eigenvalue weighted by Crippen LogP contribution is -2.64. The standard InChI is InChI=1S/C66H42B2N2S2/c1-5-21-43(22-6-1)47-37-59-65-63(39-47)71-61-35-19-15-31-51(61)67(65)53-41-54-58(42-57(53)69(59)55-33-17-13-29-49(55)45-25-9-3-10-26-45)70(56-34-18-14-30-50(56)46-27-11-4-12-28-46)60-38-48(44-23-7-2-8-24-44)40-64-66(60)68(54)52-32-16-20-36-62(52)72-64/h1-42H. The van der Waals surface area contributed by atoms with Crippen LogP contribution in [0.3, 0.4) is 0 Å². The Kier molecular flexibility index (Phi) is 9.67. The number of hydrogen-bond donors (Lipinski definition) is 0. The van der Waals surface area contributed by atoms with Gasteiger partial charge in [0.15, 0.2) is 0 Å². The van der Waals surface area contributed by atoms with Gasteiger partial charge in [0.05, 0.1) is 11.4 Å². The summed E-state index contributed by atoms with van der Waals surface area (Å²) in [6, 6.07) is 95.2. The molecule has 6 heteroatoms. The molecule has 0 saturated carbocycles. The van der Waals surface area contributed by atoms with Crippen LogP contribution >= 0.6 is 23.5 Å². The van der Waals surface area contributed by atoms with Crippen molar-refractivity contribution in [3.05, 3.63) is 255 Å². The highest BCUT2D eigenvalue weighted by Crippen LogP contribution is 2.51. The van der Waals surface area contributed by atoms with Gasteiger partial charge in [0.1, 0.15) is 0 Å². The molecule has 4 aliphatic heterocycles. The van der Waals surface area contributed by atoms with Crippen LogP contribution in [0.25, 0.3) is 44.5 Å². The van der Waals surface area contributed by atoms with Crippen LogP contribution in [0.4, 0.5) is 34.1 Å². The molecule has 72 heavy (non-hydrogen) atoms. The number of fused-ring (bicyclic) bond motifs is 8. The smallest absolute Gasteiger partial charge is 0.249 e. The van der Waals surface area contributed by atoms with Crippen LogP contribution in [0.5, 0.6) is 0 Å². The molecule has 11 aromatic rings. The fraction of sp³-hybridized carbons (Fsp3) is 0. The maximum absolute atomic E-state index is 2.64. The van der Waals surface area contributed by atoms with Crippen LogP contribution in [0.2, 0.25) is 0 Å². The van der Waals surface area contributed by atoms with Gasteiger partial charge >= 0.3 is 0 Å². The first kappa shape index (κ1) is 41.6. The van der Waals surface area contributed by atoms with Gasteiger partial charge in [0.25, 0.3) is 0 Å². The van der Waals surface area contributed by atoms with Gasteiger partial charge in [0, 0.05) is 53.5 Å². The lowest BCUT2D eigenvalue weighted by Gasteiger charge is -2.45. The van der Waals surface area contributed by atoms with Crippen LogP contribution in [-0.4, -0.2) is 13.4 Å². The Hall–Kier alpha value is -8.15. The van der Waals surface area contributed by atoms with Gasteiger partial charge in [0.2, 0.25) is 13.4 Å². The maximum atomic E-state index is 2.64. The molecule has 0 bridgehead atoms. The summed E-state index contributed by atoms with van der Waals surface area (Å²) in [5.74, 6) is 0. The van der Waals surface area contributed by atoms with Gasteiger partial charge in [-0.05, 0) is 110 Å². The minimum Gasteiger partial charge on any atom is -0.311 e. The minimum absolute atomic E-state index is 0.00250. The fourth-order valence-corrected chi connectivity index (χ4v) is 14.5. The molecule has 0 fully saturated rings. The van der Waals surface area contributed by atoms with E-state index in [2.05, 4.69) is 265 Å². The van der Waals surface area contributed by atoms with Crippen molar-refractivity contribution in [3.63, 3.8) is 0 Å². The number of para-hydroxylation sites is 2. The quantitative estimate of drug-likeness (QED) is 0.153. The molecule has 0 spiro atoms. The van der Waals surface area contributed by atoms with Crippen LogP contribution in [0.1, 0.15) is 0 Å². The van der Waals surface area contributed by atoms with Crippen molar-refractivity contribution >= 4 is 104 Å². The fourth-order valence-electron chi connectivity index (χ4n) is 12.1. The molecule has 4 heterocycles. The monoisotopic (exact) mass is 948 g/mol. The van der Waals surface area contributed by atoms with Crippen molar-refractivity contribution in [2.45, 2.75) is 19.6 Å². The first-order valence-electron chi connectivity index (χ1n) is 24.8. The normalized spacial score (nSPS) is 13.3. The first-order valence-corrected chi connectivity index (χ1v) is 26.4. The highest BCUT2D eigenvalue weighted by molar-refractivity contribution is 8.00. The van der Waals surface area contributed by atoms with Gasteiger partial charge in [-0.3, -0.25) is 0 Å². The zero-order valence-corrected chi connectivity index (χ0v) is 40.7. The SMILES string of the molecule is c1ccc(-c2cc3c4c(c2)N(c2ccccc2-c2ccccc2)c2cc5c(cc2B4c2ccccc2S3)B2c3ccccc3Sc3cc(-c4ccccc4)cc(c32)N5c2ccccc2-c2ccccc2)cc1. The molecule has 2 nitrogen and oxygen atoms in total. The summed E-state index contributed by atoms with van der Waals surface area (Å²) in [5, 5.41) is 0. The number of benzene rings is 11. The Morgan fingerprint density at radius 3 is 1.03 bits per heavy atom. The second-order valence-electron chi connectivity index (χ2n) is 19.1. The highest BCUT2D eigenvalue weighted by Gasteiger charge is 2.47. The number of anilines is 6. The van der Waals surface area contributed by atoms with Gasteiger partial charge in [-0.2, -0.15) is 0 Å². The molecule has 0 unspecified atom stereocenters. The third kappa shape index (κ3) is 6.49. The molecule has 15 rings (SSSR count). The molecule has 0 atom stereocenters.